The van der Waals surface area contributed by atoms with E-state index in [4.69, 9.17) is 25.4 Å². The molecular weight excluding hydrogens is 250 g/mol. The van der Waals surface area contributed by atoms with Crippen LogP contribution in [0.1, 0.15) is 0 Å². The highest BCUT2D eigenvalue weighted by Crippen LogP contribution is 2.22. The number of aliphatic hydroxyl groups is 5. The first kappa shape index (κ1) is 15.2. The zero-order valence-electron chi connectivity index (χ0n) is 9.42. The van der Waals surface area contributed by atoms with Gasteiger partial charge in [-0.2, -0.15) is 0 Å². The molecule has 0 aliphatic carbocycles. The van der Waals surface area contributed by atoms with Crippen LogP contribution in [0.15, 0.2) is 0 Å². The van der Waals surface area contributed by atoms with E-state index in [0.29, 0.717) is 0 Å². The Balaban J connectivity index is 2.72. The Morgan fingerprint density at radius 2 is 1.83 bits per heavy atom. The summed E-state index contributed by atoms with van der Waals surface area (Å²) in [5.41, 5.74) is 4.92. The minimum Gasteiger partial charge on any atom is -0.394 e. The van der Waals surface area contributed by atoms with Crippen molar-refractivity contribution in [3.8, 4) is 0 Å². The van der Waals surface area contributed by atoms with Crippen LogP contribution in [0.5, 0.6) is 0 Å². The average Bonchev–Trinajstić information content (AvgIpc) is 2.35. The molecule has 0 radical (unpaired) electrons. The smallest absolute Gasteiger partial charge is 0.249 e. The SMILES string of the molecule is NC(=O)C(CO)OC1OC(CO)[C@H](O)C(O)C1O. The minimum atomic E-state index is -1.64. The summed E-state index contributed by atoms with van der Waals surface area (Å²) < 4.78 is 9.85. The Hall–Kier alpha value is -0.810. The fraction of sp³-hybridized carbons (Fsp3) is 0.889. The molecular formula is C9H17NO8. The van der Waals surface area contributed by atoms with E-state index < -0.39 is 55.9 Å². The third kappa shape index (κ3) is 3.14. The van der Waals surface area contributed by atoms with Crippen molar-refractivity contribution >= 4 is 5.91 Å². The topological polar surface area (TPSA) is 163 Å². The number of rotatable bonds is 5. The molecule has 5 unspecified atom stereocenters. The van der Waals surface area contributed by atoms with Gasteiger partial charge in [0, 0.05) is 0 Å². The summed E-state index contributed by atoms with van der Waals surface area (Å²) in [6, 6.07) is 0. The van der Waals surface area contributed by atoms with E-state index in [1.807, 2.05) is 0 Å². The molecule has 1 aliphatic rings. The quantitative estimate of drug-likeness (QED) is 0.291. The monoisotopic (exact) mass is 267 g/mol. The average molecular weight is 267 g/mol. The minimum absolute atomic E-state index is 0.620. The number of nitrogens with two attached hydrogens (primary N) is 1. The Morgan fingerprint density at radius 3 is 2.28 bits per heavy atom. The number of aliphatic hydroxyl groups excluding tert-OH is 5. The van der Waals surface area contributed by atoms with Crippen molar-refractivity contribution in [2.75, 3.05) is 13.2 Å². The van der Waals surface area contributed by atoms with Gasteiger partial charge in [-0.05, 0) is 0 Å². The normalized spacial score (nSPS) is 38.4. The van der Waals surface area contributed by atoms with E-state index in [9.17, 15) is 20.1 Å². The molecule has 6 atom stereocenters. The van der Waals surface area contributed by atoms with Crippen molar-refractivity contribution < 1.29 is 39.8 Å². The second-order valence-electron chi connectivity index (χ2n) is 3.91. The van der Waals surface area contributed by atoms with Crippen LogP contribution in [0.3, 0.4) is 0 Å². The van der Waals surface area contributed by atoms with Gasteiger partial charge in [-0.25, -0.2) is 0 Å². The highest BCUT2D eigenvalue weighted by atomic mass is 16.7. The highest BCUT2D eigenvalue weighted by molar-refractivity contribution is 5.78. The molecule has 0 aromatic heterocycles. The maximum Gasteiger partial charge on any atom is 0.249 e. The zero-order chi connectivity index (χ0) is 13.9. The van der Waals surface area contributed by atoms with Gasteiger partial charge in [0.25, 0.3) is 0 Å². The molecule has 1 fully saturated rings. The number of primary amides is 1. The van der Waals surface area contributed by atoms with Crippen LogP contribution in [0.4, 0.5) is 0 Å². The van der Waals surface area contributed by atoms with E-state index in [2.05, 4.69) is 0 Å². The highest BCUT2D eigenvalue weighted by Gasteiger charge is 2.45. The molecule has 1 rings (SSSR count). The largest absolute Gasteiger partial charge is 0.394 e. The lowest BCUT2D eigenvalue weighted by atomic mass is 9.99. The number of ether oxygens (including phenoxy) is 2. The third-order valence-corrected chi connectivity index (χ3v) is 2.63. The van der Waals surface area contributed by atoms with Gasteiger partial charge in [0.1, 0.15) is 24.4 Å². The molecule has 7 N–H and O–H groups in total. The second-order valence-corrected chi connectivity index (χ2v) is 3.91. The number of hydrogen-bond acceptors (Lipinski definition) is 8. The standard InChI is InChI=1S/C9H17NO8/c10-8(16)4(2-12)18-9-7(15)6(14)5(13)3(1-11)17-9/h3-7,9,11-15H,1-2H2,(H2,10,16)/t3?,4?,5-,6?,7?,9?/m0/s1. The van der Waals surface area contributed by atoms with Gasteiger partial charge in [0.15, 0.2) is 12.4 Å². The second kappa shape index (κ2) is 6.38. The fourth-order valence-electron chi connectivity index (χ4n) is 1.54. The lowest BCUT2D eigenvalue weighted by molar-refractivity contribution is -0.310. The van der Waals surface area contributed by atoms with Gasteiger partial charge >= 0.3 is 0 Å². The van der Waals surface area contributed by atoms with Crippen molar-refractivity contribution in [2.45, 2.75) is 36.8 Å². The van der Waals surface area contributed by atoms with Crippen molar-refractivity contribution in [3.05, 3.63) is 0 Å². The maximum absolute atomic E-state index is 10.8. The molecule has 1 aliphatic heterocycles. The summed E-state index contributed by atoms with van der Waals surface area (Å²) in [6.07, 6.45) is -8.85. The summed E-state index contributed by atoms with van der Waals surface area (Å²) in [4.78, 5) is 10.8. The lowest BCUT2D eigenvalue weighted by Gasteiger charge is -2.40. The summed E-state index contributed by atoms with van der Waals surface area (Å²) >= 11 is 0. The van der Waals surface area contributed by atoms with Crippen molar-refractivity contribution in [3.63, 3.8) is 0 Å². The first-order valence-corrected chi connectivity index (χ1v) is 5.28. The van der Waals surface area contributed by atoms with Crippen LogP contribution in [-0.2, 0) is 14.3 Å². The van der Waals surface area contributed by atoms with E-state index >= 15 is 0 Å². The zero-order valence-corrected chi connectivity index (χ0v) is 9.42. The summed E-state index contributed by atoms with van der Waals surface area (Å²) in [5.74, 6) is -0.977. The Labute approximate surface area is 102 Å². The summed E-state index contributed by atoms with van der Waals surface area (Å²) in [6.45, 7) is -1.35. The molecule has 1 saturated heterocycles. The van der Waals surface area contributed by atoms with Crippen LogP contribution in [0.2, 0.25) is 0 Å². The first-order valence-electron chi connectivity index (χ1n) is 5.28. The molecule has 0 aromatic rings. The number of carbonyl (C=O) groups excluding carboxylic acids is 1. The maximum atomic E-state index is 10.8. The Kier molecular flexibility index (Phi) is 5.41. The van der Waals surface area contributed by atoms with Crippen LogP contribution < -0.4 is 5.73 Å². The van der Waals surface area contributed by atoms with Crippen molar-refractivity contribution in [2.24, 2.45) is 5.73 Å². The molecule has 106 valence electrons. The molecule has 1 heterocycles. The number of amides is 1. The van der Waals surface area contributed by atoms with E-state index in [0.717, 1.165) is 0 Å². The van der Waals surface area contributed by atoms with Gasteiger partial charge in [-0.1, -0.05) is 0 Å². The molecule has 0 bridgehead atoms. The Morgan fingerprint density at radius 1 is 1.22 bits per heavy atom. The fourth-order valence-corrected chi connectivity index (χ4v) is 1.54. The molecule has 0 spiro atoms. The van der Waals surface area contributed by atoms with Crippen LogP contribution in [0, 0.1) is 0 Å². The molecule has 1 amide bonds. The number of hydrogen-bond donors (Lipinski definition) is 6. The van der Waals surface area contributed by atoms with Crippen LogP contribution in [0.25, 0.3) is 0 Å². The van der Waals surface area contributed by atoms with E-state index in [-0.39, 0.29) is 0 Å². The Bertz CT molecular complexity index is 286. The first-order chi connectivity index (χ1) is 8.42. The molecule has 9 nitrogen and oxygen atoms in total. The molecule has 9 heteroatoms. The summed E-state index contributed by atoms with van der Waals surface area (Å²) in [7, 11) is 0. The van der Waals surface area contributed by atoms with Gasteiger partial charge in [0.2, 0.25) is 5.91 Å². The van der Waals surface area contributed by atoms with E-state index in [1.54, 1.807) is 0 Å². The predicted molar refractivity (Wildman–Crippen MR) is 54.9 cm³/mol. The third-order valence-electron chi connectivity index (χ3n) is 2.63. The summed E-state index contributed by atoms with van der Waals surface area (Å²) in [5, 5.41) is 46.2. The molecule has 0 aromatic carbocycles. The van der Waals surface area contributed by atoms with Gasteiger partial charge in [-0.15, -0.1) is 0 Å². The van der Waals surface area contributed by atoms with Gasteiger partial charge in [0.05, 0.1) is 13.2 Å². The van der Waals surface area contributed by atoms with Gasteiger partial charge in [-0.3, -0.25) is 4.79 Å². The predicted octanol–water partition coefficient (Wildman–Crippen LogP) is -4.35. The molecule has 18 heavy (non-hydrogen) atoms. The lowest BCUT2D eigenvalue weighted by Crippen LogP contribution is -2.60. The van der Waals surface area contributed by atoms with E-state index in [1.165, 1.54) is 0 Å². The van der Waals surface area contributed by atoms with Crippen LogP contribution >= 0.6 is 0 Å². The van der Waals surface area contributed by atoms with Crippen molar-refractivity contribution in [1.29, 1.82) is 0 Å². The molecule has 0 saturated carbocycles. The van der Waals surface area contributed by atoms with Crippen LogP contribution in [-0.4, -0.2) is 81.5 Å². The van der Waals surface area contributed by atoms with Crippen molar-refractivity contribution in [1.82, 2.24) is 0 Å². The number of carbonyl (C=O) groups is 1. The van der Waals surface area contributed by atoms with Gasteiger partial charge < -0.3 is 40.7 Å².